The zero-order valence-corrected chi connectivity index (χ0v) is 13.8. The maximum atomic E-state index is 9.33. The van der Waals surface area contributed by atoms with E-state index in [2.05, 4.69) is 43.5 Å². The molecule has 118 valence electrons. The minimum Gasteiger partial charge on any atom is -0.484 e. The summed E-state index contributed by atoms with van der Waals surface area (Å²) in [6, 6.07) is 6.62. The zero-order chi connectivity index (χ0) is 15.7. The largest absolute Gasteiger partial charge is 0.484 e. The predicted octanol–water partition coefficient (Wildman–Crippen LogP) is 2.56. The molecule has 0 fully saturated rings. The van der Waals surface area contributed by atoms with Crippen LogP contribution in [0.5, 0.6) is 5.75 Å². The Morgan fingerprint density at radius 2 is 2.14 bits per heavy atom. The third kappa shape index (κ3) is 4.35. The Morgan fingerprint density at radius 1 is 1.43 bits per heavy atom. The van der Waals surface area contributed by atoms with Crippen LogP contribution in [0.4, 0.5) is 5.69 Å². The highest BCUT2D eigenvalue weighted by Gasteiger charge is 2.26. The predicted molar refractivity (Wildman–Crippen MR) is 87.1 cm³/mol. The summed E-state index contributed by atoms with van der Waals surface area (Å²) >= 11 is 0. The number of anilines is 1. The fraction of sp³-hybridized carbons (Fsp3) is 0.647. The molecule has 0 saturated heterocycles. The summed E-state index contributed by atoms with van der Waals surface area (Å²) in [7, 11) is 0. The fourth-order valence-corrected chi connectivity index (χ4v) is 2.69. The van der Waals surface area contributed by atoms with Gasteiger partial charge < -0.3 is 20.5 Å². The number of aliphatic hydroxyl groups is 1. The molecule has 0 aliphatic carbocycles. The Hall–Kier alpha value is -1.26. The van der Waals surface area contributed by atoms with Gasteiger partial charge in [0.25, 0.3) is 0 Å². The number of hydrogen-bond acceptors (Lipinski definition) is 4. The second-order valence-electron chi connectivity index (χ2n) is 7.34. The van der Waals surface area contributed by atoms with Gasteiger partial charge in [-0.1, -0.05) is 6.07 Å². The number of nitrogens with one attached hydrogen (secondary N) is 2. The molecule has 0 radical (unpaired) electrons. The van der Waals surface area contributed by atoms with Gasteiger partial charge in [-0.05, 0) is 58.7 Å². The van der Waals surface area contributed by atoms with E-state index in [4.69, 9.17) is 4.74 Å². The molecule has 0 saturated carbocycles. The SMILES string of the molecule is CC(Cc1ccc2c(c1)NCC(C)(C)O2)NC(C)(C)CO. The van der Waals surface area contributed by atoms with Crippen LogP contribution in [0.25, 0.3) is 0 Å². The highest BCUT2D eigenvalue weighted by Crippen LogP contribution is 2.33. The standard InChI is InChI=1S/C17H28N2O2/c1-12(19-16(2,3)11-20)8-13-6-7-15-14(9-13)18-10-17(4,5)21-15/h6-7,9,12,18-20H,8,10-11H2,1-5H3. The molecule has 1 aliphatic rings. The van der Waals surface area contributed by atoms with Crippen molar-refractivity contribution in [2.45, 2.75) is 58.2 Å². The summed E-state index contributed by atoms with van der Waals surface area (Å²) in [6.45, 7) is 11.3. The van der Waals surface area contributed by atoms with Crippen molar-refractivity contribution in [2.75, 3.05) is 18.5 Å². The molecule has 0 spiro atoms. The van der Waals surface area contributed by atoms with Crippen LogP contribution in [0.15, 0.2) is 18.2 Å². The van der Waals surface area contributed by atoms with Gasteiger partial charge in [0.1, 0.15) is 11.4 Å². The molecule has 2 rings (SSSR count). The highest BCUT2D eigenvalue weighted by molar-refractivity contribution is 5.60. The first kappa shape index (κ1) is 16.1. The van der Waals surface area contributed by atoms with Crippen molar-refractivity contribution in [1.29, 1.82) is 0 Å². The molecule has 4 nitrogen and oxygen atoms in total. The first-order chi connectivity index (χ1) is 9.71. The molecule has 1 heterocycles. The minimum absolute atomic E-state index is 0.131. The molecule has 21 heavy (non-hydrogen) atoms. The molecule has 0 aromatic heterocycles. The topological polar surface area (TPSA) is 53.5 Å². The highest BCUT2D eigenvalue weighted by atomic mass is 16.5. The van der Waals surface area contributed by atoms with E-state index in [9.17, 15) is 5.11 Å². The van der Waals surface area contributed by atoms with E-state index in [-0.39, 0.29) is 17.7 Å². The van der Waals surface area contributed by atoms with Crippen LogP contribution in [0.3, 0.4) is 0 Å². The van der Waals surface area contributed by atoms with E-state index < -0.39 is 0 Å². The lowest BCUT2D eigenvalue weighted by atomic mass is 10.0. The molecule has 3 N–H and O–H groups in total. The van der Waals surface area contributed by atoms with Gasteiger partial charge in [-0.25, -0.2) is 0 Å². The summed E-state index contributed by atoms with van der Waals surface area (Å²) in [5.74, 6) is 0.923. The Labute approximate surface area is 127 Å². The summed E-state index contributed by atoms with van der Waals surface area (Å²) < 4.78 is 5.97. The van der Waals surface area contributed by atoms with Gasteiger partial charge in [0, 0.05) is 11.6 Å². The van der Waals surface area contributed by atoms with Gasteiger partial charge in [0.15, 0.2) is 0 Å². The second-order valence-corrected chi connectivity index (χ2v) is 7.34. The average Bonchev–Trinajstić information content (AvgIpc) is 2.37. The van der Waals surface area contributed by atoms with Gasteiger partial charge in [-0.2, -0.15) is 0 Å². The van der Waals surface area contributed by atoms with E-state index in [0.29, 0.717) is 6.04 Å². The summed E-state index contributed by atoms with van der Waals surface area (Å²) in [6.07, 6.45) is 0.918. The van der Waals surface area contributed by atoms with Gasteiger partial charge in [-0.15, -0.1) is 0 Å². The number of ether oxygens (including phenoxy) is 1. The molecule has 0 amide bonds. The lowest BCUT2D eigenvalue weighted by Gasteiger charge is -2.34. The number of aliphatic hydroxyl groups excluding tert-OH is 1. The third-order valence-electron chi connectivity index (χ3n) is 3.71. The van der Waals surface area contributed by atoms with E-state index in [0.717, 1.165) is 24.4 Å². The Balaban J connectivity index is 2.03. The number of fused-ring (bicyclic) bond motifs is 1. The molecule has 1 aliphatic heterocycles. The van der Waals surface area contributed by atoms with E-state index >= 15 is 0 Å². The molecule has 1 aromatic rings. The van der Waals surface area contributed by atoms with Crippen LogP contribution < -0.4 is 15.4 Å². The Morgan fingerprint density at radius 3 is 2.81 bits per heavy atom. The van der Waals surface area contributed by atoms with Crippen LogP contribution >= 0.6 is 0 Å². The summed E-state index contributed by atoms with van der Waals surface area (Å²) in [5.41, 5.74) is 1.92. The van der Waals surface area contributed by atoms with Gasteiger partial charge in [0.2, 0.25) is 0 Å². The van der Waals surface area contributed by atoms with Gasteiger partial charge in [0.05, 0.1) is 18.8 Å². The Kier molecular flexibility index (Phi) is 4.49. The normalized spacial score (nSPS) is 18.4. The first-order valence-corrected chi connectivity index (χ1v) is 7.65. The third-order valence-corrected chi connectivity index (χ3v) is 3.71. The summed E-state index contributed by atoms with van der Waals surface area (Å²) in [4.78, 5) is 0. The quantitative estimate of drug-likeness (QED) is 0.781. The number of hydrogen-bond donors (Lipinski definition) is 3. The van der Waals surface area contributed by atoms with Crippen molar-refractivity contribution in [3.63, 3.8) is 0 Å². The molecule has 4 heteroatoms. The number of benzene rings is 1. The maximum Gasteiger partial charge on any atom is 0.143 e. The second kappa shape index (κ2) is 5.85. The monoisotopic (exact) mass is 292 g/mol. The molecular weight excluding hydrogens is 264 g/mol. The van der Waals surface area contributed by atoms with Crippen LogP contribution in [0.1, 0.15) is 40.2 Å². The lowest BCUT2D eigenvalue weighted by molar-refractivity contribution is 0.116. The van der Waals surface area contributed by atoms with Crippen molar-refractivity contribution in [1.82, 2.24) is 5.32 Å². The maximum absolute atomic E-state index is 9.33. The van der Waals surface area contributed by atoms with Crippen LogP contribution in [-0.2, 0) is 6.42 Å². The lowest BCUT2D eigenvalue weighted by Crippen LogP contribution is -2.48. The van der Waals surface area contributed by atoms with E-state index in [1.165, 1.54) is 5.56 Å². The van der Waals surface area contributed by atoms with Crippen molar-refractivity contribution < 1.29 is 9.84 Å². The van der Waals surface area contributed by atoms with Gasteiger partial charge in [-0.3, -0.25) is 0 Å². The van der Waals surface area contributed by atoms with Crippen LogP contribution in [0.2, 0.25) is 0 Å². The molecule has 1 aromatic carbocycles. The van der Waals surface area contributed by atoms with Crippen LogP contribution in [-0.4, -0.2) is 35.4 Å². The van der Waals surface area contributed by atoms with Crippen molar-refractivity contribution in [3.05, 3.63) is 23.8 Å². The Bertz CT molecular complexity index is 498. The molecule has 1 unspecified atom stereocenters. The first-order valence-electron chi connectivity index (χ1n) is 7.65. The van der Waals surface area contributed by atoms with Crippen molar-refractivity contribution in [3.8, 4) is 5.75 Å². The number of rotatable bonds is 5. The molecular formula is C17H28N2O2. The van der Waals surface area contributed by atoms with Crippen molar-refractivity contribution in [2.24, 2.45) is 0 Å². The molecule has 1 atom stereocenters. The van der Waals surface area contributed by atoms with Crippen molar-refractivity contribution >= 4 is 5.69 Å². The zero-order valence-electron chi connectivity index (χ0n) is 13.8. The smallest absolute Gasteiger partial charge is 0.143 e. The van der Waals surface area contributed by atoms with Crippen LogP contribution in [0, 0.1) is 0 Å². The minimum atomic E-state index is -0.251. The van der Waals surface area contributed by atoms with Gasteiger partial charge >= 0.3 is 0 Å². The summed E-state index contributed by atoms with van der Waals surface area (Å²) in [5, 5.41) is 16.2. The molecule has 0 bridgehead atoms. The van der Waals surface area contributed by atoms with E-state index in [1.54, 1.807) is 0 Å². The van der Waals surface area contributed by atoms with E-state index in [1.807, 2.05) is 19.9 Å². The fourth-order valence-electron chi connectivity index (χ4n) is 2.69. The average molecular weight is 292 g/mol.